The van der Waals surface area contributed by atoms with Crippen molar-refractivity contribution in [2.75, 3.05) is 13.7 Å². The molecule has 0 aliphatic carbocycles. The Bertz CT molecular complexity index is 460. The predicted octanol–water partition coefficient (Wildman–Crippen LogP) is 1.41. The van der Waals surface area contributed by atoms with Gasteiger partial charge in [0, 0.05) is 19.0 Å². The van der Waals surface area contributed by atoms with Crippen LogP contribution in [-0.2, 0) is 0 Å². The molecule has 0 saturated carbocycles. The first-order valence-electron chi connectivity index (χ1n) is 5.85. The van der Waals surface area contributed by atoms with Crippen molar-refractivity contribution >= 4 is 6.03 Å². The van der Waals surface area contributed by atoms with Crippen molar-refractivity contribution in [2.45, 2.75) is 19.4 Å². The zero-order chi connectivity index (χ0) is 13.4. The lowest BCUT2D eigenvalue weighted by Gasteiger charge is -2.14. The molecule has 0 radical (unpaired) electrons. The second-order valence-electron chi connectivity index (χ2n) is 3.85. The van der Waals surface area contributed by atoms with Gasteiger partial charge in [0.05, 0.1) is 12.6 Å². The van der Waals surface area contributed by atoms with E-state index in [0.29, 0.717) is 6.42 Å². The second kappa shape index (κ2) is 7.36. The summed E-state index contributed by atoms with van der Waals surface area (Å²) in [6.07, 6.45) is 0.469. The van der Waals surface area contributed by atoms with Gasteiger partial charge in [0.15, 0.2) is 0 Å². The summed E-state index contributed by atoms with van der Waals surface area (Å²) in [4.78, 5) is 11.2. The van der Waals surface area contributed by atoms with Gasteiger partial charge >= 0.3 is 6.03 Å². The number of hydrogen-bond acceptors (Lipinski definition) is 2. The largest absolute Gasteiger partial charge is 0.395 e. The van der Waals surface area contributed by atoms with Crippen LogP contribution >= 0.6 is 0 Å². The third-order valence-electron chi connectivity index (χ3n) is 2.43. The first-order valence-corrected chi connectivity index (χ1v) is 5.85. The number of nitrogens with one attached hydrogen (secondary N) is 2. The molecule has 96 valence electrons. The van der Waals surface area contributed by atoms with Crippen LogP contribution in [0.15, 0.2) is 24.3 Å². The molecule has 1 atom stereocenters. The lowest BCUT2D eigenvalue weighted by atomic mass is 10.1. The van der Waals surface area contributed by atoms with E-state index in [2.05, 4.69) is 22.5 Å². The summed E-state index contributed by atoms with van der Waals surface area (Å²) in [7, 11) is 1.58. The van der Waals surface area contributed by atoms with Gasteiger partial charge < -0.3 is 15.7 Å². The maximum atomic E-state index is 11.2. The Kier molecular flexibility index (Phi) is 5.75. The first kappa shape index (κ1) is 14.1. The summed E-state index contributed by atoms with van der Waals surface area (Å²) < 4.78 is 0. The number of amides is 2. The number of urea groups is 1. The lowest BCUT2D eigenvalue weighted by Crippen LogP contribution is -2.34. The van der Waals surface area contributed by atoms with Crippen LogP contribution in [0.4, 0.5) is 4.79 Å². The Labute approximate surface area is 107 Å². The molecule has 2 amide bonds. The van der Waals surface area contributed by atoms with E-state index in [1.807, 2.05) is 31.2 Å². The highest BCUT2D eigenvalue weighted by Crippen LogP contribution is 2.13. The lowest BCUT2D eigenvalue weighted by molar-refractivity contribution is 0.240. The van der Waals surface area contributed by atoms with Gasteiger partial charge in [0.1, 0.15) is 0 Å². The van der Waals surface area contributed by atoms with E-state index in [0.717, 1.165) is 11.1 Å². The fourth-order valence-electron chi connectivity index (χ4n) is 1.46. The van der Waals surface area contributed by atoms with E-state index in [1.165, 1.54) is 0 Å². The average Bonchev–Trinajstić information content (AvgIpc) is 2.39. The summed E-state index contributed by atoms with van der Waals surface area (Å²) in [5.41, 5.74) is 1.88. The molecule has 0 heterocycles. The highest BCUT2D eigenvalue weighted by molar-refractivity contribution is 5.74. The molecule has 0 aliphatic rings. The zero-order valence-corrected chi connectivity index (χ0v) is 10.7. The number of aliphatic hydroxyl groups is 1. The molecule has 1 aromatic carbocycles. The highest BCUT2D eigenvalue weighted by atomic mass is 16.2. The van der Waals surface area contributed by atoms with E-state index >= 15 is 0 Å². The minimum absolute atomic E-state index is 0.0708. The summed E-state index contributed by atoms with van der Waals surface area (Å²) in [6.45, 7) is 1.98. The van der Waals surface area contributed by atoms with Gasteiger partial charge in [-0.25, -0.2) is 4.79 Å². The molecule has 1 rings (SSSR count). The molecular formula is C14H18N2O2. The Morgan fingerprint density at radius 3 is 2.94 bits per heavy atom. The molecule has 0 fully saturated rings. The SMILES string of the molecule is CNC(=O)NC(C)c1cccc(C#CCCO)c1. The number of carbonyl (C=O) groups is 1. The quantitative estimate of drug-likeness (QED) is 0.706. The van der Waals surface area contributed by atoms with Gasteiger partial charge in [-0.05, 0) is 24.6 Å². The van der Waals surface area contributed by atoms with E-state index in [9.17, 15) is 4.79 Å². The third kappa shape index (κ3) is 4.48. The van der Waals surface area contributed by atoms with Crippen LogP contribution in [-0.4, -0.2) is 24.8 Å². The van der Waals surface area contributed by atoms with Gasteiger partial charge in [0.25, 0.3) is 0 Å². The number of hydrogen-bond donors (Lipinski definition) is 3. The van der Waals surface area contributed by atoms with Crippen LogP contribution in [0.5, 0.6) is 0 Å². The van der Waals surface area contributed by atoms with Crippen LogP contribution in [0.1, 0.15) is 30.5 Å². The molecule has 0 bridgehead atoms. The van der Waals surface area contributed by atoms with E-state index in [-0.39, 0.29) is 18.7 Å². The van der Waals surface area contributed by atoms with Gasteiger partial charge in [-0.1, -0.05) is 24.0 Å². The number of rotatable bonds is 3. The topological polar surface area (TPSA) is 61.4 Å². The molecule has 0 saturated heterocycles. The van der Waals surface area contributed by atoms with Gasteiger partial charge in [-0.15, -0.1) is 0 Å². The minimum Gasteiger partial charge on any atom is -0.395 e. The van der Waals surface area contributed by atoms with Crippen LogP contribution < -0.4 is 10.6 Å². The van der Waals surface area contributed by atoms with Gasteiger partial charge in [0.2, 0.25) is 0 Å². The van der Waals surface area contributed by atoms with E-state index < -0.39 is 0 Å². The van der Waals surface area contributed by atoms with E-state index in [1.54, 1.807) is 7.05 Å². The Morgan fingerprint density at radius 1 is 1.50 bits per heavy atom. The van der Waals surface area contributed by atoms with Crippen molar-refractivity contribution in [3.05, 3.63) is 35.4 Å². The molecule has 4 nitrogen and oxygen atoms in total. The normalized spacial score (nSPS) is 11.1. The van der Waals surface area contributed by atoms with E-state index in [4.69, 9.17) is 5.11 Å². The number of aliphatic hydroxyl groups excluding tert-OH is 1. The maximum absolute atomic E-state index is 11.2. The molecule has 0 aromatic heterocycles. The number of benzene rings is 1. The molecule has 0 aliphatic heterocycles. The average molecular weight is 246 g/mol. The van der Waals surface area contributed by atoms with Crippen molar-refractivity contribution in [1.29, 1.82) is 0 Å². The van der Waals surface area contributed by atoms with Crippen molar-refractivity contribution in [3.8, 4) is 11.8 Å². The summed E-state index contributed by atoms with van der Waals surface area (Å²) >= 11 is 0. The van der Waals surface area contributed by atoms with Crippen molar-refractivity contribution < 1.29 is 9.90 Å². The second-order valence-corrected chi connectivity index (χ2v) is 3.85. The standard InChI is InChI=1S/C14H18N2O2/c1-11(16-14(18)15-2)13-8-5-7-12(10-13)6-3-4-9-17/h5,7-8,10-11,17H,4,9H2,1-2H3,(H2,15,16,18). The monoisotopic (exact) mass is 246 g/mol. The van der Waals surface area contributed by atoms with Gasteiger partial charge in [-0.2, -0.15) is 0 Å². The fraction of sp³-hybridized carbons (Fsp3) is 0.357. The Hall–Kier alpha value is -1.99. The molecule has 4 heteroatoms. The maximum Gasteiger partial charge on any atom is 0.315 e. The molecule has 0 spiro atoms. The first-order chi connectivity index (χ1) is 8.67. The highest BCUT2D eigenvalue weighted by Gasteiger charge is 2.07. The molecular weight excluding hydrogens is 228 g/mol. The molecule has 1 aromatic rings. The predicted molar refractivity (Wildman–Crippen MR) is 71.0 cm³/mol. The van der Waals surface area contributed by atoms with Gasteiger partial charge in [-0.3, -0.25) is 0 Å². The van der Waals surface area contributed by atoms with Crippen LogP contribution in [0, 0.1) is 11.8 Å². The number of carbonyl (C=O) groups excluding carboxylic acids is 1. The third-order valence-corrected chi connectivity index (χ3v) is 2.43. The minimum atomic E-state index is -0.209. The fourth-order valence-corrected chi connectivity index (χ4v) is 1.46. The van der Waals surface area contributed by atoms with Crippen LogP contribution in [0.25, 0.3) is 0 Å². The van der Waals surface area contributed by atoms with Crippen LogP contribution in [0.3, 0.4) is 0 Å². The van der Waals surface area contributed by atoms with Crippen molar-refractivity contribution in [1.82, 2.24) is 10.6 Å². The van der Waals surface area contributed by atoms with Crippen LogP contribution in [0.2, 0.25) is 0 Å². The summed E-state index contributed by atoms with van der Waals surface area (Å²) in [5.74, 6) is 5.84. The molecule has 3 N–H and O–H groups in total. The smallest absolute Gasteiger partial charge is 0.315 e. The van der Waals surface area contributed by atoms with Crippen molar-refractivity contribution in [3.63, 3.8) is 0 Å². The molecule has 1 unspecified atom stereocenters. The Balaban J connectivity index is 2.76. The Morgan fingerprint density at radius 2 is 2.28 bits per heavy atom. The van der Waals surface area contributed by atoms with Crippen molar-refractivity contribution in [2.24, 2.45) is 0 Å². The summed E-state index contributed by atoms with van der Waals surface area (Å²) in [5, 5.41) is 14.0. The summed E-state index contributed by atoms with van der Waals surface area (Å²) in [6, 6.07) is 7.40. The molecule has 18 heavy (non-hydrogen) atoms. The zero-order valence-electron chi connectivity index (χ0n) is 10.7.